The monoisotopic (exact) mass is 271 g/mol. The molecule has 0 aliphatic carbocycles. The van der Waals surface area contributed by atoms with Crippen molar-refractivity contribution in [3.8, 4) is 5.75 Å². The number of hydrogen-bond acceptors (Lipinski definition) is 4. The minimum absolute atomic E-state index is 0.0340. The molecule has 6 nitrogen and oxygen atoms in total. The van der Waals surface area contributed by atoms with Gasteiger partial charge in [0, 0.05) is 5.02 Å². The molecule has 1 aromatic carbocycles. The second kappa shape index (κ2) is 6.11. The zero-order valence-electron chi connectivity index (χ0n) is 9.72. The van der Waals surface area contributed by atoms with Gasteiger partial charge in [0.05, 0.1) is 11.6 Å². The van der Waals surface area contributed by atoms with E-state index in [1.165, 1.54) is 18.2 Å². The number of nitrogens with zero attached hydrogens (tertiary/aromatic N) is 1. The predicted molar refractivity (Wildman–Crippen MR) is 68.1 cm³/mol. The van der Waals surface area contributed by atoms with Gasteiger partial charge in [-0.1, -0.05) is 23.7 Å². The van der Waals surface area contributed by atoms with Crippen LogP contribution in [0, 0.1) is 0 Å². The molecular weight excluding hydrogens is 258 g/mol. The molecule has 1 amide bonds. The van der Waals surface area contributed by atoms with Crippen LogP contribution in [-0.4, -0.2) is 28.1 Å². The lowest BCUT2D eigenvalue weighted by Gasteiger charge is -2.15. The lowest BCUT2D eigenvalue weighted by molar-refractivity contribution is 0.0943. The van der Waals surface area contributed by atoms with Crippen molar-refractivity contribution in [1.82, 2.24) is 5.32 Å². The van der Waals surface area contributed by atoms with E-state index in [2.05, 4.69) is 10.5 Å². The Bertz CT molecular complexity index is 477. The SMILES string of the molecule is CCC(NC(=O)c1cc(Cl)ccc1O)/C(N)=N/O. The second-order valence-electron chi connectivity index (χ2n) is 3.62. The minimum atomic E-state index is -0.610. The summed E-state index contributed by atoms with van der Waals surface area (Å²) in [5.74, 6) is -0.841. The smallest absolute Gasteiger partial charge is 0.255 e. The first-order valence-corrected chi connectivity index (χ1v) is 5.64. The van der Waals surface area contributed by atoms with Crippen molar-refractivity contribution in [2.45, 2.75) is 19.4 Å². The highest BCUT2D eigenvalue weighted by Gasteiger charge is 2.18. The normalized spacial score (nSPS) is 13.1. The molecule has 0 aliphatic rings. The van der Waals surface area contributed by atoms with Crippen molar-refractivity contribution < 1.29 is 15.1 Å². The van der Waals surface area contributed by atoms with Crippen LogP contribution in [0.15, 0.2) is 23.4 Å². The number of nitrogens with one attached hydrogen (secondary N) is 1. The minimum Gasteiger partial charge on any atom is -0.507 e. The van der Waals surface area contributed by atoms with Crippen molar-refractivity contribution in [3.63, 3.8) is 0 Å². The maximum absolute atomic E-state index is 11.9. The van der Waals surface area contributed by atoms with Crippen molar-refractivity contribution in [2.24, 2.45) is 10.9 Å². The molecule has 1 atom stereocenters. The topological polar surface area (TPSA) is 108 Å². The molecule has 0 aromatic heterocycles. The summed E-state index contributed by atoms with van der Waals surface area (Å²) < 4.78 is 0. The van der Waals surface area contributed by atoms with Crippen LogP contribution < -0.4 is 11.1 Å². The first kappa shape index (κ1) is 14.1. The molecular formula is C11H14ClN3O3. The molecule has 1 unspecified atom stereocenters. The van der Waals surface area contributed by atoms with Gasteiger partial charge in [-0.2, -0.15) is 0 Å². The second-order valence-corrected chi connectivity index (χ2v) is 4.06. The molecule has 0 spiro atoms. The number of phenols is 1. The molecule has 18 heavy (non-hydrogen) atoms. The summed E-state index contributed by atoms with van der Waals surface area (Å²) >= 11 is 5.74. The Morgan fingerprint density at radius 1 is 1.61 bits per heavy atom. The Morgan fingerprint density at radius 3 is 2.83 bits per heavy atom. The number of hydrogen-bond donors (Lipinski definition) is 4. The highest BCUT2D eigenvalue weighted by atomic mass is 35.5. The van der Waals surface area contributed by atoms with Crippen LogP contribution >= 0.6 is 11.6 Å². The zero-order valence-corrected chi connectivity index (χ0v) is 10.5. The number of amides is 1. The number of oxime groups is 1. The maximum atomic E-state index is 11.9. The van der Waals surface area contributed by atoms with E-state index in [0.717, 1.165) is 0 Å². The lowest BCUT2D eigenvalue weighted by Crippen LogP contribution is -2.44. The number of nitrogens with two attached hydrogens (primary N) is 1. The molecule has 0 fully saturated rings. The van der Waals surface area contributed by atoms with Gasteiger partial charge in [0.1, 0.15) is 5.75 Å². The number of phenolic OH excluding ortho intramolecular Hbond substituents is 1. The number of aromatic hydroxyl groups is 1. The van der Waals surface area contributed by atoms with Gasteiger partial charge < -0.3 is 21.4 Å². The molecule has 1 rings (SSSR count). The highest BCUT2D eigenvalue weighted by Crippen LogP contribution is 2.21. The molecule has 0 radical (unpaired) electrons. The summed E-state index contributed by atoms with van der Waals surface area (Å²) in [6, 6.07) is 3.52. The fourth-order valence-electron chi connectivity index (χ4n) is 1.38. The lowest BCUT2D eigenvalue weighted by atomic mass is 10.1. The van der Waals surface area contributed by atoms with Gasteiger partial charge in [-0.25, -0.2) is 0 Å². The molecule has 0 aliphatic heterocycles. The van der Waals surface area contributed by atoms with E-state index < -0.39 is 11.9 Å². The van der Waals surface area contributed by atoms with E-state index >= 15 is 0 Å². The molecule has 0 heterocycles. The van der Waals surface area contributed by atoms with Gasteiger partial charge in [0.15, 0.2) is 5.84 Å². The van der Waals surface area contributed by atoms with Crippen LogP contribution in [0.1, 0.15) is 23.7 Å². The first-order chi connectivity index (χ1) is 8.49. The average Bonchev–Trinajstić information content (AvgIpc) is 2.37. The number of carbonyl (C=O) groups is 1. The molecule has 0 saturated carbocycles. The Hall–Kier alpha value is -1.95. The van der Waals surface area contributed by atoms with E-state index in [1.807, 2.05) is 0 Å². The number of rotatable bonds is 4. The number of amidine groups is 1. The van der Waals surface area contributed by atoms with Crippen molar-refractivity contribution in [2.75, 3.05) is 0 Å². The van der Waals surface area contributed by atoms with Crippen LogP contribution in [0.4, 0.5) is 0 Å². The Morgan fingerprint density at radius 2 is 2.28 bits per heavy atom. The first-order valence-electron chi connectivity index (χ1n) is 5.26. The molecule has 5 N–H and O–H groups in total. The van der Waals surface area contributed by atoms with Gasteiger partial charge in [-0.15, -0.1) is 0 Å². The molecule has 98 valence electrons. The van der Waals surface area contributed by atoms with Crippen LogP contribution in [0.2, 0.25) is 5.02 Å². The van der Waals surface area contributed by atoms with Crippen LogP contribution in [0.25, 0.3) is 0 Å². The van der Waals surface area contributed by atoms with Crippen molar-refractivity contribution >= 4 is 23.3 Å². The highest BCUT2D eigenvalue weighted by molar-refractivity contribution is 6.31. The zero-order chi connectivity index (χ0) is 13.7. The number of halogens is 1. The molecule has 0 saturated heterocycles. The van der Waals surface area contributed by atoms with E-state index in [-0.39, 0.29) is 17.1 Å². The Balaban J connectivity index is 2.91. The van der Waals surface area contributed by atoms with Gasteiger partial charge >= 0.3 is 0 Å². The quantitative estimate of drug-likeness (QED) is 0.286. The summed E-state index contributed by atoms with van der Waals surface area (Å²) in [7, 11) is 0. The molecule has 7 heteroatoms. The molecule has 0 bridgehead atoms. The van der Waals surface area contributed by atoms with Crippen LogP contribution in [0.3, 0.4) is 0 Å². The summed E-state index contributed by atoms with van der Waals surface area (Å²) in [4.78, 5) is 11.9. The van der Waals surface area contributed by atoms with E-state index in [4.69, 9.17) is 22.5 Å². The van der Waals surface area contributed by atoms with E-state index in [1.54, 1.807) is 6.92 Å². The summed E-state index contributed by atoms with van der Waals surface area (Å²) in [5.41, 5.74) is 5.45. The van der Waals surface area contributed by atoms with Crippen LogP contribution in [-0.2, 0) is 0 Å². The van der Waals surface area contributed by atoms with Crippen molar-refractivity contribution in [1.29, 1.82) is 0 Å². The number of benzene rings is 1. The average molecular weight is 272 g/mol. The Labute approximate surface area is 109 Å². The van der Waals surface area contributed by atoms with Gasteiger partial charge in [0.25, 0.3) is 5.91 Å². The predicted octanol–water partition coefficient (Wildman–Crippen LogP) is 1.30. The fourth-order valence-corrected chi connectivity index (χ4v) is 1.55. The van der Waals surface area contributed by atoms with Gasteiger partial charge in [-0.3, -0.25) is 4.79 Å². The third kappa shape index (κ3) is 3.27. The standard InChI is InChI=1S/C11H14ClN3O3/c1-2-8(10(13)15-18)14-11(17)7-5-6(12)3-4-9(7)16/h3-5,8,16,18H,2H2,1H3,(H2,13,15)(H,14,17). The summed E-state index contributed by atoms with van der Waals surface area (Å²) in [6.07, 6.45) is 0.447. The number of carbonyl (C=O) groups excluding carboxylic acids is 1. The van der Waals surface area contributed by atoms with E-state index in [0.29, 0.717) is 11.4 Å². The van der Waals surface area contributed by atoms with E-state index in [9.17, 15) is 9.90 Å². The Kier molecular flexibility index (Phi) is 4.79. The largest absolute Gasteiger partial charge is 0.507 e. The fraction of sp³-hybridized carbons (Fsp3) is 0.273. The van der Waals surface area contributed by atoms with Gasteiger partial charge in [0.2, 0.25) is 0 Å². The summed E-state index contributed by atoms with van der Waals surface area (Å²) in [5, 5.41) is 23.8. The summed E-state index contributed by atoms with van der Waals surface area (Å²) in [6.45, 7) is 1.76. The maximum Gasteiger partial charge on any atom is 0.255 e. The van der Waals surface area contributed by atoms with Crippen molar-refractivity contribution in [3.05, 3.63) is 28.8 Å². The van der Waals surface area contributed by atoms with Gasteiger partial charge in [-0.05, 0) is 24.6 Å². The third-order valence-corrected chi connectivity index (χ3v) is 2.62. The molecule has 1 aromatic rings. The third-order valence-electron chi connectivity index (χ3n) is 2.39. The van der Waals surface area contributed by atoms with Crippen LogP contribution in [0.5, 0.6) is 5.75 Å².